The zero-order chi connectivity index (χ0) is 17.6. The number of aromatic amines is 1. The van der Waals surface area contributed by atoms with E-state index in [2.05, 4.69) is 4.98 Å². The second kappa shape index (κ2) is 5.87. The summed E-state index contributed by atoms with van der Waals surface area (Å²) < 4.78 is 2.49. The molecule has 0 fully saturated rings. The molecule has 3 aromatic rings. The molecule has 126 valence electrons. The van der Waals surface area contributed by atoms with Crippen LogP contribution in [0.25, 0.3) is 22.3 Å². The summed E-state index contributed by atoms with van der Waals surface area (Å²) in [4.78, 5) is 28.1. The van der Waals surface area contributed by atoms with E-state index in [1.807, 2.05) is 13.8 Å². The Morgan fingerprint density at radius 2 is 1.83 bits per heavy atom. The fourth-order valence-electron chi connectivity index (χ4n) is 2.81. The third kappa shape index (κ3) is 2.53. The first-order valence-electron chi connectivity index (χ1n) is 7.61. The predicted octanol–water partition coefficient (Wildman–Crippen LogP) is 2.71. The van der Waals surface area contributed by atoms with Gasteiger partial charge in [-0.3, -0.25) is 13.9 Å². The minimum atomic E-state index is -0.446. The van der Waals surface area contributed by atoms with Gasteiger partial charge < -0.3 is 10.1 Å². The van der Waals surface area contributed by atoms with E-state index in [4.69, 9.17) is 11.6 Å². The number of rotatable bonds is 3. The number of aromatic nitrogens is 3. The van der Waals surface area contributed by atoms with Gasteiger partial charge in [0.25, 0.3) is 5.56 Å². The van der Waals surface area contributed by atoms with E-state index in [0.29, 0.717) is 22.8 Å². The maximum Gasteiger partial charge on any atom is 0.331 e. The molecule has 0 bridgehead atoms. The number of aryl methyl sites for hydroxylation is 1. The van der Waals surface area contributed by atoms with Gasteiger partial charge in [0.2, 0.25) is 0 Å². The number of halogens is 1. The molecule has 1 aromatic carbocycles. The second-order valence-corrected chi connectivity index (χ2v) is 6.67. The normalized spacial score (nSPS) is 11.5. The average Bonchev–Trinajstić information content (AvgIpc) is 2.88. The van der Waals surface area contributed by atoms with E-state index in [0.717, 1.165) is 0 Å². The SMILES string of the molecule is CC(C)Cn1c(=O)c2[nH]c(-c3ccc(Cl)cc3)c(O)c2n(C)c1=O. The summed E-state index contributed by atoms with van der Waals surface area (Å²) in [5.74, 6) is 0.0212. The van der Waals surface area contributed by atoms with Crippen molar-refractivity contribution in [1.82, 2.24) is 14.1 Å². The molecular formula is C17H18ClN3O3. The van der Waals surface area contributed by atoms with Crippen LogP contribution in [0.1, 0.15) is 13.8 Å². The Kier molecular flexibility index (Phi) is 4.01. The van der Waals surface area contributed by atoms with E-state index in [-0.39, 0.29) is 22.7 Å². The molecule has 0 radical (unpaired) electrons. The van der Waals surface area contributed by atoms with Crippen molar-refractivity contribution in [2.45, 2.75) is 20.4 Å². The number of benzene rings is 1. The largest absolute Gasteiger partial charge is 0.504 e. The molecule has 6 nitrogen and oxygen atoms in total. The van der Waals surface area contributed by atoms with Crippen LogP contribution < -0.4 is 11.2 Å². The van der Waals surface area contributed by atoms with Gasteiger partial charge in [-0.25, -0.2) is 4.79 Å². The fourth-order valence-corrected chi connectivity index (χ4v) is 2.94. The monoisotopic (exact) mass is 347 g/mol. The van der Waals surface area contributed by atoms with Crippen molar-refractivity contribution in [2.24, 2.45) is 13.0 Å². The van der Waals surface area contributed by atoms with Crippen LogP contribution in [0.2, 0.25) is 5.02 Å². The summed E-state index contributed by atoms with van der Waals surface area (Å²) in [6.07, 6.45) is 0. The van der Waals surface area contributed by atoms with Crippen molar-refractivity contribution in [1.29, 1.82) is 0 Å². The maximum absolute atomic E-state index is 12.7. The third-order valence-corrected chi connectivity index (χ3v) is 4.19. The maximum atomic E-state index is 12.7. The molecule has 0 aliphatic heterocycles. The van der Waals surface area contributed by atoms with Crippen LogP contribution in [0.4, 0.5) is 0 Å². The van der Waals surface area contributed by atoms with Crippen molar-refractivity contribution in [3.63, 3.8) is 0 Å². The summed E-state index contributed by atoms with van der Waals surface area (Å²) in [7, 11) is 1.54. The standard InChI is InChI=1S/C17H18ClN3O3/c1-9(2)8-21-16(23)13-14(20(3)17(21)24)15(22)12(19-13)10-4-6-11(18)7-5-10/h4-7,9,19,22H,8H2,1-3H3. The van der Waals surface area contributed by atoms with Crippen molar-refractivity contribution >= 4 is 22.6 Å². The van der Waals surface area contributed by atoms with Gasteiger partial charge in [0, 0.05) is 24.2 Å². The number of hydrogen-bond acceptors (Lipinski definition) is 3. The molecular weight excluding hydrogens is 330 g/mol. The van der Waals surface area contributed by atoms with Gasteiger partial charge in [0.15, 0.2) is 5.75 Å². The van der Waals surface area contributed by atoms with Crippen LogP contribution in [0, 0.1) is 5.92 Å². The van der Waals surface area contributed by atoms with E-state index >= 15 is 0 Å². The molecule has 24 heavy (non-hydrogen) atoms. The van der Waals surface area contributed by atoms with Crippen LogP contribution in [0.5, 0.6) is 5.75 Å². The van der Waals surface area contributed by atoms with Gasteiger partial charge in [0.05, 0.1) is 5.69 Å². The molecule has 0 aliphatic rings. The zero-order valence-electron chi connectivity index (χ0n) is 13.6. The molecule has 0 unspecified atom stereocenters. The summed E-state index contributed by atoms with van der Waals surface area (Å²) in [6, 6.07) is 6.85. The van der Waals surface area contributed by atoms with E-state index in [1.165, 1.54) is 9.13 Å². The lowest BCUT2D eigenvalue weighted by molar-refractivity contribution is 0.472. The van der Waals surface area contributed by atoms with Gasteiger partial charge in [0.1, 0.15) is 11.0 Å². The molecule has 2 aromatic heterocycles. The molecule has 0 amide bonds. The molecule has 3 rings (SSSR count). The predicted molar refractivity (Wildman–Crippen MR) is 94.7 cm³/mol. The van der Waals surface area contributed by atoms with Crippen LogP contribution in [-0.2, 0) is 13.6 Å². The Bertz CT molecular complexity index is 1030. The number of nitrogens with one attached hydrogen (secondary N) is 1. The third-order valence-electron chi connectivity index (χ3n) is 3.94. The summed E-state index contributed by atoms with van der Waals surface area (Å²) in [5.41, 5.74) is 0.594. The molecule has 0 saturated heterocycles. The van der Waals surface area contributed by atoms with E-state index < -0.39 is 11.2 Å². The minimum Gasteiger partial charge on any atom is -0.504 e. The first-order chi connectivity index (χ1) is 11.3. The number of aromatic hydroxyl groups is 1. The quantitative estimate of drug-likeness (QED) is 0.764. The lowest BCUT2D eigenvalue weighted by Crippen LogP contribution is -2.40. The van der Waals surface area contributed by atoms with Crippen LogP contribution in [0.15, 0.2) is 33.9 Å². The highest BCUT2D eigenvalue weighted by Gasteiger charge is 2.20. The number of nitrogens with zero attached hydrogens (tertiary/aromatic N) is 2. The van der Waals surface area contributed by atoms with Gasteiger partial charge in [-0.2, -0.15) is 0 Å². The van der Waals surface area contributed by atoms with E-state index in [1.54, 1.807) is 31.3 Å². The number of H-pyrrole nitrogens is 1. The lowest BCUT2D eigenvalue weighted by atomic mass is 10.1. The van der Waals surface area contributed by atoms with E-state index in [9.17, 15) is 14.7 Å². The highest BCUT2D eigenvalue weighted by atomic mass is 35.5. The molecule has 0 saturated carbocycles. The molecule has 2 heterocycles. The van der Waals surface area contributed by atoms with Crippen molar-refractivity contribution < 1.29 is 5.11 Å². The molecule has 0 aliphatic carbocycles. The first kappa shape index (κ1) is 16.4. The fraction of sp³-hybridized carbons (Fsp3) is 0.294. The molecule has 2 N–H and O–H groups in total. The summed E-state index contributed by atoms with van der Waals surface area (Å²) >= 11 is 5.89. The van der Waals surface area contributed by atoms with Crippen molar-refractivity contribution in [3.8, 4) is 17.0 Å². The van der Waals surface area contributed by atoms with Crippen molar-refractivity contribution in [2.75, 3.05) is 0 Å². The number of fused-ring (bicyclic) bond motifs is 1. The molecule has 0 atom stereocenters. The van der Waals surface area contributed by atoms with Crippen LogP contribution in [-0.4, -0.2) is 19.2 Å². The first-order valence-corrected chi connectivity index (χ1v) is 7.99. The lowest BCUT2D eigenvalue weighted by Gasteiger charge is -2.10. The second-order valence-electron chi connectivity index (χ2n) is 6.23. The summed E-state index contributed by atoms with van der Waals surface area (Å²) in [6.45, 7) is 4.18. The highest BCUT2D eigenvalue weighted by molar-refractivity contribution is 6.30. The van der Waals surface area contributed by atoms with Gasteiger partial charge in [-0.05, 0) is 18.1 Å². The van der Waals surface area contributed by atoms with Gasteiger partial charge in [-0.1, -0.05) is 37.6 Å². The number of hydrogen-bond donors (Lipinski definition) is 2. The minimum absolute atomic E-state index is 0.124. The summed E-state index contributed by atoms with van der Waals surface area (Å²) in [5, 5.41) is 11.1. The van der Waals surface area contributed by atoms with Crippen LogP contribution >= 0.6 is 11.6 Å². The molecule has 7 heteroatoms. The van der Waals surface area contributed by atoms with Crippen molar-refractivity contribution in [3.05, 3.63) is 50.1 Å². The Morgan fingerprint density at radius 1 is 1.21 bits per heavy atom. The Balaban J connectivity index is 2.34. The van der Waals surface area contributed by atoms with Gasteiger partial charge in [-0.15, -0.1) is 0 Å². The molecule has 0 spiro atoms. The Morgan fingerprint density at radius 3 is 2.42 bits per heavy atom. The van der Waals surface area contributed by atoms with Crippen LogP contribution in [0.3, 0.4) is 0 Å². The topological polar surface area (TPSA) is 80.0 Å². The highest BCUT2D eigenvalue weighted by Crippen LogP contribution is 2.34. The smallest absolute Gasteiger partial charge is 0.331 e. The van der Waals surface area contributed by atoms with Gasteiger partial charge >= 0.3 is 5.69 Å². The average molecular weight is 348 g/mol. The Hall–Kier alpha value is -2.47. The Labute approximate surface area is 142 Å². The zero-order valence-corrected chi connectivity index (χ0v) is 14.4.